The van der Waals surface area contributed by atoms with Gasteiger partial charge in [-0.2, -0.15) is 0 Å². The van der Waals surface area contributed by atoms with Crippen LogP contribution in [0.1, 0.15) is 22.7 Å². The first-order valence-electron chi connectivity index (χ1n) is 6.82. The van der Waals surface area contributed by atoms with Crippen molar-refractivity contribution < 1.29 is 9.18 Å². The smallest absolute Gasteiger partial charge is 0.158 e. The van der Waals surface area contributed by atoms with Gasteiger partial charge in [-0.05, 0) is 35.2 Å². The summed E-state index contributed by atoms with van der Waals surface area (Å²) in [6.07, 6.45) is 1.28. The zero-order chi connectivity index (χ0) is 13.9. The van der Waals surface area contributed by atoms with Crippen LogP contribution >= 0.6 is 0 Å². The summed E-state index contributed by atoms with van der Waals surface area (Å²) < 4.78 is 12.9. The van der Waals surface area contributed by atoms with E-state index in [0.717, 1.165) is 24.1 Å². The number of hydrogen-bond acceptors (Lipinski definition) is 2. The molecule has 2 nitrogen and oxygen atoms in total. The first kappa shape index (κ1) is 13.0. The lowest BCUT2D eigenvalue weighted by Crippen LogP contribution is -2.35. The predicted octanol–water partition coefficient (Wildman–Crippen LogP) is 2.82. The van der Waals surface area contributed by atoms with Gasteiger partial charge in [0.15, 0.2) is 5.78 Å². The molecule has 1 N–H and O–H groups in total. The molecule has 102 valence electrons. The van der Waals surface area contributed by atoms with E-state index in [4.69, 9.17) is 0 Å². The largest absolute Gasteiger partial charge is 0.303 e. The monoisotopic (exact) mass is 269 g/mol. The Bertz CT molecular complexity index is 621. The fourth-order valence-electron chi connectivity index (χ4n) is 2.70. The van der Waals surface area contributed by atoms with Crippen LogP contribution in [-0.2, 0) is 17.6 Å². The molecule has 1 aliphatic rings. The molecule has 1 unspecified atom stereocenters. The van der Waals surface area contributed by atoms with E-state index >= 15 is 0 Å². The normalized spacial score (nSPS) is 17.6. The van der Waals surface area contributed by atoms with Crippen LogP contribution in [0.15, 0.2) is 48.5 Å². The molecule has 0 bridgehead atoms. The van der Waals surface area contributed by atoms with Crippen LogP contribution in [0.4, 0.5) is 4.39 Å². The minimum Gasteiger partial charge on any atom is -0.303 e. The van der Waals surface area contributed by atoms with E-state index in [1.54, 1.807) is 12.1 Å². The highest BCUT2D eigenvalue weighted by Gasteiger charge is 2.25. The first-order chi connectivity index (χ1) is 9.74. The van der Waals surface area contributed by atoms with Crippen LogP contribution in [0, 0.1) is 5.82 Å². The summed E-state index contributed by atoms with van der Waals surface area (Å²) in [5, 5.41) is 3.28. The van der Waals surface area contributed by atoms with E-state index in [1.807, 2.05) is 18.2 Å². The minimum absolute atomic E-state index is 0.128. The molecule has 0 spiro atoms. The number of carbonyl (C=O) groups excluding carboxylic acids is 1. The Kier molecular flexibility index (Phi) is 3.61. The summed E-state index contributed by atoms with van der Waals surface area (Å²) in [7, 11) is 0. The van der Waals surface area contributed by atoms with E-state index in [2.05, 4.69) is 11.4 Å². The van der Waals surface area contributed by atoms with Gasteiger partial charge in [-0.3, -0.25) is 4.79 Å². The van der Waals surface area contributed by atoms with Crippen molar-refractivity contribution in [3.8, 4) is 0 Å². The summed E-state index contributed by atoms with van der Waals surface area (Å²) in [4.78, 5) is 12.5. The number of hydrogen-bond donors (Lipinski definition) is 1. The topological polar surface area (TPSA) is 29.1 Å². The van der Waals surface area contributed by atoms with Crippen molar-refractivity contribution in [1.82, 2.24) is 5.32 Å². The fraction of sp³-hybridized carbons (Fsp3) is 0.235. The average Bonchev–Trinajstić information content (AvgIpc) is 2.49. The quantitative estimate of drug-likeness (QED) is 0.928. The number of Topliss-reactive ketones (excluding diaryl/α,β-unsaturated/α-hetero) is 1. The predicted molar refractivity (Wildman–Crippen MR) is 76.0 cm³/mol. The van der Waals surface area contributed by atoms with E-state index in [9.17, 15) is 9.18 Å². The number of ketones is 1. The molecule has 0 saturated carbocycles. The molecule has 1 heterocycles. The first-order valence-corrected chi connectivity index (χ1v) is 6.82. The lowest BCUT2D eigenvalue weighted by Gasteiger charge is -2.25. The van der Waals surface area contributed by atoms with Gasteiger partial charge in [0.05, 0.1) is 6.04 Å². The van der Waals surface area contributed by atoms with Gasteiger partial charge in [0.2, 0.25) is 0 Å². The summed E-state index contributed by atoms with van der Waals surface area (Å²) in [5.41, 5.74) is 3.16. The highest BCUT2D eigenvalue weighted by molar-refractivity contribution is 5.87. The molecule has 0 fully saturated rings. The number of rotatable bonds is 3. The molecular formula is C17H16FNO. The van der Waals surface area contributed by atoms with E-state index in [-0.39, 0.29) is 17.6 Å². The molecule has 2 aromatic rings. The number of carbonyl (C=O) groups is 1. The van der Waals surface area contributed by atoms with Gasteiger partial charge in [0.25, 0.3) is 0 Å². The van der Waals surface area contributed by atoms with Crippen molar-refractivity contribution in [3.63, 3.8) is 0 Å². The maximum atomic E-state index is 12.9. The van der Waals surface area contributed by atoms with Crippen LogP contribution in [0.3, 0.4) is 0 Å². The summed E-state index contributed by atoms with van der Waals surface area (Å²) >= 11 is 0. The highest BCUT2D eigenvalue weighted by Crippen LogP contribution is 2.24. The number of nitrogens with one attached hydrogen (secondary N) is 1. The van der Waals surface area contributed by atoms with Crippen LogP contribution in [0.5, 0.6) is 0 Å². The van der Waals surface area contributed by atoms with Crippen molar-refractivity contribution in [2.45, 2.75) is 18.9 Å². The maximum absolute atomic E-state index is 12.9. The van der Waals surface area contributed by atoms with Crippen LogP contribution < -0.4 is 5.32 Å². The molecular weight excluding hydrogens is 253 g/mol. The zero-order valence-corrected chi connectivity index (χ0v) is 11.1. The Balaban J connectivity index is 1.80. The van der Waals surface area contributed by atoms with Crippen molar-refractivity contribution in [2.24, 2.45) is 0 Å². The number of halogens is 1. The fourth-order valence-corrected chi connectivity index (χ4v) is 2.70. The second kappa shape index (κ2) is 5.55. The van der Waals surface area contributed by atoms with Gasteiger partial charge in [0, 0.05) is 13.0 Å². The van der Waals surface area contributed by atoms with Gasteiger partial charge in [0.1, 0.15) is 5.82 Å². The second-order valence-electron chi connectivity index (χ2n) is 5.11. The standard InChI is InChI=1S/C17H16FNO/c18-14-7-5-12(6-8-14)11-16(20)17-15-4-2-1-3-13(15)9-10-19-17/h1-8,17,19H,9-11H2. The SMILES string of the molecule is O=C(Cc1ccc(F)cc1)C1NCCc2ccccc21. The second-order valence-corrected chi connectivity index (χ2v) is 5.11. The van der Waals surface area contributed by atoms with Crippen molar-refractivity contribution in [1.29, 1.82) is 0 Å². The third kappa shape index (κ3) is 2.63. The molecule has 1 aliphatic heterocycles. The van der Waals surface area contributed by atoms with Crippen LogP contribution in [0.2, 0.25) is 0 Å². The molecule has 0 amide bonds. The molecule has 20 heavy (non-hydrogen) atoms. The number of benzene rings is 2. The van der Waals surface area contributed by atoms with Crippen LogP contribution in [0.25, 0.3) is 0 Å². The molecule has 3 rings (SSSR count). The summed E-state index contributed by atoms with van der Waals surface area (Å²) in [5.74, 6) is -0.147. The van der Waals surface area contributed by atoms with E-state index in [0.29, 0.717) is 6.42 Å². The van der Waals surface area contributed by atoms with Gasteiger partial charge < -0.3 is 5.32 Å². The highest BCUT2D eigenvalue weighted by atomic mass is 19.1. The van der Waals surface area contributed by atoms with Gasteiger partial charge >= 0.3 is 0 Å². The molecule has 0 aromatic heterocycles. The molecule has 0 radical (unpaired) electrons. The van der Waals surface area contributed by atoms with Gasteiger partial charge in [-0.15, -0.1) is 0 Å². The molecule has 0 saturated heterocycles. The third-order valence-electron chi connectivity index (χ3n) is 3.72. The van der Waals surface area contributed by atoms with Crippen molar-refractivity contribution in [2.75, 3.05) is 6.54 Å². The Labute approximate surface area is 117 Å². The maximum Gasteiger partial charge on any atom is 0.158 e. The van der Waals surface area contributed by atoms with Crippen LogP contribution in [-0.4, -0.2) is 12.3 Å². The zero-order valence-electron chi connectivity index (χ0n) is 11.1. The van der Waals surface area contributed by atoms with Crippen molar-refractivity contribution >= 4 is 5.78 Å². The Morgan fingerprint density at radius 2 is 1.90 bits per heavy atom. The number of fused-ring (bicyclic) bond motifs is 1. The van der Waals surface area contributed by atoms with E-state index in [1.165, 1.54) is 17.7 Å². The molecule has 0 aliphatic carbocycles. The van der Waals surface area contributed by atoms with Gasteiger partial charge in [-0.1, -0.05) is 36.4 Å². The minimum atomic E-state index is -0.276. The summed E-state index contributed by atoms with van der Waals surface area (Å²) in [6, 6.07) is 13.9. The lowest BCUT2D eigenvalue weighted by molar-refractivity contribution is -0.120. The Morgan fingerprint density at radius 3 is 2.70 bits per heavy atom. The van der Waals surface area contributed by atoms with Crippen molar-refractivity contribution in [3.05, 3.63) is 71.0 Å². The van der Waals surface area contributed by atoms with Gasteiger partial charge in [-0.25, -0.2) is 4.39 Å². The average molecular weight is 269 g/mol. The lowest BCUT2D eigenvalue weighted by atomic mass is 9.90. The molecule has 2 aromatic carbocycles. The Morgan fingerprint density at radius 1 is 1.15 bits per heavy atom. The molecule has 3 heteroatoms. The summed E-state index contributed by atoms with van der Waals surface area (Å²) in [6.45, 7) is 0.816. The Hall–Kier alpha value is -2.00. The van der Waals surface area contributed by atoms with E-state index < -0.39 is 0 Å². The molecule has 1 atom stereocenters. The third-order valence-corrected chi connectivity index (χ3v) is 3.72.